The molecule has 4 nitrogen and oxygen atoms in total. The lowest BCUT2D eigenvalue weighted by Crippen LogP contribution is -2.16. The minimum absolute atomic E-state index is 0.0156. The summed E-state index contributed by atoms with van der Waals surface area (Å²) in [5.41, 5.74) is 1.39. The first-order valence-corrected chi connectivity index (χ1v) is 9.45. The van der Waals surface area contributed by atoms with Crippen LogP contribution >= 0.6 is 23.4 Å². The molecule has 3 aromatic rings. The second-order valence-electron chi connectivity index (χ2n) is 5.67. The van der Waals surface area contributed by atoms with Crippen molar-refractivity contribution < 1.29 is 14.7 Å². The molecular formula is C20H16ClNO3S. The molecule has 0 aliphatic rings. The third-order valence-electron chi connectivity index (χ3n) is 3.86. The third-order valence-corrected chi connectivity index (χ3v) is 5.07. The van der Waals surface area contributed by atoms with Gasteiger partial charge in [-0.1, -0.05) is 54.1 Å². The number of fused-ring (bicyclic) bond motifs is 1. The van der Waals surface area contributed by atoms with Gasteiger partial charge in [0.15, 0.2) is 0 Å². The number of thioether (sulfide) groups is 1. The summed E-state index contributed by atoms with van der Waals surface area (Å²) in [6, 6.07) is 18.5. The van der Waals surface area contributed by atoms with Gasteiger partial charge in [-0.2, -0.15) is 0 Å². The molecule has 1 amide bonds. The predicted molar refractivity (Wildman–Crippen MR) is 107 cm³/mol. The van der Waals surface area contributed by atoms with Crippen LogP contribution in [0, 0.1) is 0 Å². The Morgan fingerprint density at radius 1 is 1.04 bits per heavy atom. The molecule has 6 heteroatoms. The normalized spacial score (nSPS) is 10.7. The number of hydrogen-bond donors (Lipinski definition) is 2. The largest absolute Gasteiger partial charge is 0.478 e. The van der Waals surface area contributed by atoms with E-state index in [4.69, 9.17) is 11.6 Å². The highest BCUT2D eigenvalue weighted by Gasteiger charge is 2.13. The van der Waals surface area contributed by atoms with Gasteiger partial charge in [-0.15, -0.1) is 11.8 Å². The number of amides is 1. The summed E-state index contributed by atoms with van der Waals surface area (Å²) in [6.45, 7) is 0. The van der Waals surface area contributed by atoms with E-state index in [-0.39, 0.29) is 22.9 Å². The first kappa shape index (κ1) is 18.3. The molecule has 0 unspecified atom stereocenters. The molecule has 2 N–H and O–H groups in total. The molecule has 0 aromatic heterocycles. The molecule has 3 rings (SSSR count). The topological polar surface area (TPSA) is 66.4 Å². The van der Waals surface area contributed by atoms with E-state index in [9.17, 15) is 14.7 Å². The van der Waals surface area contributed by atoms with E-state index < -0.39 is 5.97 Å². The number of rotatable bonds is 6. The number of hydrogen-bond acceptors (Lipinski definition) is 3. The molecule has 0 bridgehead atoms. The van der Waals surface area contributed by atoms with Crippen molar-refractivity contribution in [2.45, 2.75) is 5.75 Å². The van der Waals surface area contributed by atoms with Crippen LogP contribution in [0.3, 0.4) is 0 Å². The van der Waals surface area contributed by atoms with Crippen molar-refractivity contribution >= 4 is 51.7 Å². The van der Waals surface area contributed by atoms with Gasteiger partial charge in [-0.3, -0.25) is 4.79 Å². The fraction of sp³-hybridized carbons (Fsp3) is 0.100. The number of carboxylic acid groups (broad SMARTS) is 1. The number of carbonyl (C=O) groups excluding carboxylic acids is 1. The first-order valence-electron chi connectivity index (χ1n) is 7.91. The number of nitrogens with one attached hydrogen (secondary N) is 1. The van der Waals surface area contributed by atoms with Crippen molar-refractivity contribution in [3.05, 3.63) is 76.8 Å². The molecule has 0 fully saturated rings. The zero-order valence-electron chi connectivity index (χ0n) is 13.7. The zero-order valence-corrected chi connectivity index (χ0v) is 15.3. The van der Waals surface area contributed by atoms with Gasteiger partial charge in [0, 0.05) is 10.8 Å². The maximum atomic E-state index is 12.2. The summed E-state index contributed by atoms with van der Waals surface area (Å²) in [4.78, 5) is 23.4. The first-order chi connectivity index (χ1) is 12.5. The van der Waals surface area contributed by atoms with Crippen LogP contribution in [0.4, 0.5) is 5.69 Å². The van der Waals surface area contributed by atoms with Crippen molar-refractivity contribution in [2.24, 2.45) is 0 Å². The molecule has 0 aliphatic carbocycles. The number of carbonyl (C=O) groups is 2. The zero-order chi connectivity index (χ0) is 18.5. The second kappa shape index (κ2) is 8.25. The van der Waals surface area contributed by atoms with E-state index in [1.54, 1.807) is 0 Å². The fourth-order valence-electron chi connectivity index (χ4n) is 2.66. The van der Waals surface area contributed by atoms with Gasteiger partial charge < -0.3 is 10.4 Å². The summed E-state index contributed by atoms with van der Waals surface area (Å²) in [6.07, 6.45) is 0. The lowest BCUT2D eigenvalue weighted by atomic mass is 10.1. The Labute approximate surface area is 160 Å². The molecule has 3 aromatic carbocycles. The maximum absolute atomic E-state index is 12.2. The highest BCUT2D eigenvalue weighted by molar-refractivity contribution is 7.99. The van der Waals surface area contributed by atoms with Crippen LogP contribution in [0.25, 0.3) is 10.8 Å². The van der Waals surface area contributed by atoms with Crippen LogP contribution in [0.1, 0.15) is 15.9 Å². The van der Waals surface area contributed by atoms with E-state index in [2.05, 4.69) is 23.5 Å². The van der Waals surface area contributed by atoms with E-state index in [1.807, 2.05) is 24.3 Å². The lowest BCUT2D eigenvalue weighted by Gasteiger charge is -2.10. The Balaban J connectivity index is 1.63. The van der Waals surface area contributed by atoms with Gasteiger partial charge in [0.25, 0.3) is 0 Å². The number of halogens is 1. The van der Waals surface area contributed by atoms with Crippen LogP contribution < -0.4 is 5.32 Å². The van der Waals surface area contributed by atoms with Gasteiger partial charge in [-0.05, 0) is 34.5 Å². The second-order valence-corrected chi connectivity index (χ2v) is 7.10. The summed E-state index contributed by atoms with van der Waals surface area (Å²) in [5.74, 6) is -0.467. The highest BCUT2D eigenvalue weighted by atomic mass is 35.5. The lowest BCUT2D eigenvalue weighted by molar-refractivity contribution is -0.113. The van der Waals surface area contributed by atoms with Crippen molar-refractivity contribution in [3.63, 3.8) is 0 Å². The van der Waals surface area contributed by atoms with E-state index in [0.29, 0.717) is 10.8 Å². The van der Waals surface area contributed by atoms with Gasteiger partial charge in [-0.25, -0.2) is 4.79 Å². The Bertz CT molecular complexity index is 969. The Kier molecular flexibility index (Phi) is 5.81. The highest BCUT2D eigenvalue weighted by Crippen LogP contribution is 2.24. The molecule has 0 radical (unpaired) electrons. The smallest absolute Gasteiger partial charge is 0.337 e. The summed E-state index contributed by atoms with van der Waals surface area (Å²) >= 11 is 7.37. The van der Waals surface area contributed by atoms with Crippen LogP contribution in [0.5, 0.6) is 0 Å². The van der Waals surface area contributed by atoms with Crippen molar-refractivity contribution in [3.8, 4) is 0 Å². The van der Waals surface area contributed by atoms with Crippen LogP contribution in [0.2, 0.25) is 5.02 Å². The minimum Gasteiger partial charge on any atom is -0.478 e. The molecule has 26 heavy (non-hydrogen) atoms. The Hall–Kier alpha value is -2.50. The van der Waals surface area contributed by atoms with E-state index in [1.165, 1.54) is 40.7 Å². The molecule has 132 valence electrons. The van der Waals surface area contributed by atoms with E-state index in [0.717, 1.165) is 5.56 Å². The van der Waals surface area contributed by atoms with Crippen LogP contribution in [-0.4, -0.2) is 22.7 Å². The van der Waals surface area contributed by atoms with Crippen molar-refractivity contribution in [1.29, 1.82) is 0 Å². The molecular weight excluding hydrogens is 370 g/mol. The number of aromatic carboxylic acids is 1. The SMILES string of the molecule is O=C(CSCc1cccc2ccccc12)Nc1cc(Cl)ccc1C(=O)O. The summed E-state index contributed by atoms with van der Waals surface area (Å²) in [7, 11) is 0. The summed E-state index contributed by atoms with van der Waals surface area (Å²) < 4.78 is 0. The fourth-order valence-corrected chi connectivity index (χ4v) is 3.67. The average Bonchev–Trinajstić information content (AvgIpc) is 2.61. The number of anilines is 1. The maximum Gasteiger partial charge on any atom is 0.337 e. The van der Waals surface area contributed by atoms with Crippen molar-refractivity contribution in [2.75, 3.05) is 11.1 Å². The van der Waals surface area contributed by atoms with Gasteiger partial charge in [0.05, 0.1) is 17.0 Å². The third kappa shape index (κ3) is 4.36. The molecule has 0 heterocycles. The quantitative estimate of drug-likeness (QED) is 0.622. The minimum atomic E-state index is -1.11. The Morgan fingerprint density at radius 3 is 2.62 bits per heavy atom. The molecule has 0 saturated heterocycles. The van der Waals surface area contributed by atoms with Gasteiger partial charge in [0.2, 0.25) is 5.91 Å². The molecule has 0 aliphatic heterocycles. The van der Waals surface area contributed by atoms with Crippen LogP contribution in [0.15, 0.2) is 60.7 Å². The predicted octanol–water partition coefficient (Wildman–Crippen LogP) is 5.06. The molecule has 0 spiro atoms. The van der Waals surface area contributed by atoms with Gasteiger partial charge in [0.1, 0.15) is 0 Å². The Morgan fingerprint density at radius 2 is 1.81 bits per heavy atom. The number of carboxylic acids is 1. The standard InChI is InChI=1S/C20H16ClNO3S/c21-15-8-9-17(20(24)25)18(10-15)22-19(23)12-26-11-14-6-3-5-13-4-1-2-7-16(13)14/h1-10H,11-12H2,(H,22,23)(H,24,25). The summed E-state index contributed by atoms with van der Waals surface area (Å²) in [5, 5.41) is 14.5. The monoisotopic (exact) mass is 385 g/mol. The number of benzene rings is 3. The van der Waals surface area contributed by atoms with Crippen molar-refractivity contribution in [1.82, 2.24) is 0 Å². The van der Waals surface area contributed by atoms with Gasteiger partial charge >= 0.3 is 5.97 Å². The molecule has 0 saturated carbocycles. The molecule has 0 atom stereocenters. The average molecular weight is 386 g/mol. The van der Waals surface area contributed by atoms with E-state index >= 15 is 0 Å². The van der Waals surface area contributed by atoms with Crippen LogP contribution in [-0.2, 0) is 10.5 Å².